The van der Waals surface area contributed by atoms with E-state index in [4.69, 9.17) is 18.9 Å². The van der Waals surface area contributed by atoms with Crippen molar-refractivity contribution in [1.29, 1.82) is 0 Å². The summed E-state index contributed by atoms with van der Waals surface area (Å²) < 4.78 is 22.1. The number of para-hydroxylation sites is 2. The van der Waals surface area contributed by atoms with E-state index >= 15 is 0 Å². The molecule has 1 aliphatic heterocycles. The molecular formula is C24H21NO6. The fourth-order valence-electron chi connectivity index (χ4n) is 3.14. The quantitative estimate of drug-likeness (QED) is 0.613. The van der Waals surface area contributed by atoms with Gasteiger partial charge in [0.05, 0.1) is 7.11 Å². The van der Waals surface area contributed by atoms with Crippen molar-refractivity contribution in [3.63, 3.8) is 0 Å². The molecule has 0 spiro atoms. The summed E-state index contributed by atoms with van der Waals surface area (Å²) in [6, 6.07) is 22.8. The zero-order valence-corrected chi connectivity index (χ0v) is 16.8. The van der Waals surface area contributed by atoms with Crippen molar-refractivity contribution in [1.82, 2.24) is 0 Å². The number of nitrogens with one attached hydrogen (secondary N) is 1. The number of hydrogen-bond acceptors (Lipinski definition) is 6. The standard InChI is InChI=1S/C24H21NO6/c1-28-18-11-7-10-17(14-18)25-23(26)22(16-8-3-2-4-9-16)31-24(27)21-15-29-19-12-5-6-13-20(19)30-21/h2-14,21-22H,15H2,1H3,(H,25,26)/t21-,22+/m1/s1. The van der Waals surface area contributed by atoms with Gasteiger partial charge in [0.1, 0.15) is 12.4 Å². The second-order valence-electron chi connectivity index (χ2n) is 6.81. The highest BCUT2D eigenvalue weighted by atomic mass is 16.6. The molecule has 2 atom stereocenters. The van der Waals surface area contributed by atoms with Crippen LogP contribution in [0.1, 0.15) is 11.7 Å². The lowest BCUT2D eigenvalue weighted by molar-refractivity contribution is -0.164. The van der Waals surface area contributed by atoms with Crippen LogP contribution in [0.15, 0.2) is 78.9 Å². The second-order valence-corrected chi connectivity index (χ2v) is 6.81. The lowest BCUT2D eigenvalue weighted by atomic mass is 10.1. The van der Waals surface area contributed by atoms with Crippen LogP contribution in [0, 0.1) is 0 Å². The van der Waals surface area contributed by atoms with E-state index in [2.05, 4.69) is 5.32 Å². The molecular weight excluding hydrogens is 398 g/mol. The van der Waals surface area contributed by atoms with Crippen molar-refractivity contribution in [3.8, 4) is 17.2 Å². The minimum absolute atomic E-state index is 0.00510. The zero-order chi connectivity index (χ0) is 21.6. The first-order chi connectivity index (χ1) is 15.1. The molecule has 0 aliphatic carbocycles. The number of carbonyl (C=O) groups is 2. The highest BCUT2D eigenvalue weighted by Gasteiger charge is 2.33. The molecule has 0 saturated carbocycles. The Kier molecular flexibility index (Phi) is 6.03. The molecule has 0 unspecified atom stereocenters. The minimum Gasteiger partial charge on any atom is -0.497 e. The molecule has 31 heavy (non-hydrogen) atoms. The fourth-order valence-corrected chi connectivity index (χ4v) is 3.14. The highest BCUT2D eigenvalue weighted by molar-refractivity contribution is 5.96. The molecule has 1 heterocycles. The van der Waals surface area contributed by atoms with Crippen LogP contribution in [0.4, 0.5) is 5.69 Å². The zero-order valence-electron chi connectivity index (χ0n) is 16.8. The summed E-state index contributed by atoms with van der Waals surface area (Å²) in [5.74, 6) is 0.418. The van der Waals surface area contributed by atoms with Gasteiger partial charge in [-0.05, 0) is 24.3 Å². The molecule has 0 radical (unpaired) electrons. The number of amides is 1. The Morgan fingerprint density at radius 1 is 0.968 bits per heavy atom. The third kappa shape index (κ3) is 4.78. The molecule has 0 aromatic heterocycles. The normalized spacial score (nSPS) is 15.5. The van der Waals surface area contributed by atoms with E-state index < -0.39 is 24.1 Å². The van der Waals surface area contributed by atoms with Gasteiger partial charge in [-0.2, -0.15) is 0 Å². The summed E-state index contributed by atoms with van der Waals surface area (Å²) in [6.07, 6.45) is -2.15. The number of methoxy groups -OCH3 is 1. The topological polar surface area (TPSA) is 83.1 Å². The smallest absolute Gasteiger partial charge is 0.352 e. The van der Waals surface area contributed by atoms with E-state index in [1.165, 1.54) is 0 Å². The summed E-state index contributed by atoms with van der Waals surface area (Å²) in [5.41, 5.74) is 1.06. The molecule has 3 aromatic rings. The lowest BCUT2D eigenvalue weighted by Crippen LogP contribution is -2.39. The van der Waals surface area contributed by atoms with Crippen LogP contribution < -0.4 is 19.5 Å². The van der Waals surface area contributed by atoms with E-state index in [0.29, 0.717) is 28.5 Å². The maximum absolute atomic E-state index is 13.0. The number of carbonyl (C=O) groups excluding carboxylic acids is 2. The first-order valence-electron chi connectivity index (χ1n) is 9.73. The average Bonchev–Trinajstić information content (AvgIpc) is 2.82. The molecule has 1 amide bonds. The summed E-state index contributed by atoms with van der Waals surface area (Å²) in [4.78, 5) is 25.8. The highest BCUT2D eigenvalue weighted by Crippen LogP contribution is 2.32. The summed E-state index contributed by atoms with van der Waals surface area (Å²) in [6.45, 7) is -0.00510. The predicted molar refractivity (Wildman–Crippen MR) is 113 cm³/mol. The number of hydrogen-bond donors (Lipinski definition) is 1. The average molecular weight is 419 g/mol. The summed E-state index contributed by atoms with van der Waals surface area (Å²) in [7, 11) is 1.54. The third-order valence-electron chi connectivity index (χ3n) is 4.68. The summed E-state index contributed by atoms with van der Waals surface area (Å²) in [5, 5.41) is 2.77. The van der Waals surface area contributed by atoms with Gasteiger partial charge in [-0.3, -0.25) is 4.79 Å². The molecule has 0 fully saturated rings. The SMILES string of the molecule is COc1cccc(NC(=O)[C@@H](OC(=O)[C@H]2COc3ccccc3O2)c2ccccc2)c1. The number of ether oxygens (including phenoxy) is 4. The van der Waals surface area contributed by atoms with Crippen molar-refractivity contribution >= 4 is 17.6 Å². The van der Waals surface area contributed by atoms with Crippen LogP contribution in [0.3, 0.4) is 0 Å². The largest absolute Gasteiger partial charge is 0.497 e. The monoisotopic (exact) mass is 419 g/mol. The fraction of sp³-hybridized carbons (Fsp3) is 0.167. The molecule has 3 aromatic carbocycles. The van der Waals surface area contributed by atoms with Crippen molar-refractivity contribution in [2.45, 2.75) is 12.2 Å². The van der Waals surface area contributed by atoms with Gasteiger partial charge in [-0.25, -0.2) is 4.79 Å². The Bertz CT molecular complexity index is 1070. The Balaban J connectivity index is 1.51. The van der Waals surface area contributed by atoms with Gasteiger partial charge < -0.3 is 24.3 Å². The van der Waals surface area contributed by atoms with Crippen LogP contribution in [-0.2, 0) is 14.3 Å². The Morgan fingerprint density at radius 2 is 1.71 bits per heavy atom. The molecule has 7 nitrogen and oxygen atoms in total. The Hall–Kier alpha value is -4.00. The van der Waals surface area contributed by atoms with E-state index in [9.17, 15) is 9.59 Å². The number of esters is 1. The van der Waals surface area contributed by atoms with Gasteiger partial charge in [0.15, 0.2) is 11.5 Å². The molecule has 4 rings (SSSR count). The third-order valence-corrected chi connectivity index (χ3v) is 4.68. The molecule has 0 saturated heterocycles. The van der Waals surface area contributed by atoms with Crippen molar-refractivity contribution in [3.05, 3.63) is 84.4 Å². The summed E-state index contributed by atoms with van der Waals surface area (Å²) >= 11 is 0. The number of rotatable bonds is 6. The van der Waals surface area contributed by atoms with Crippen molar-refractivity contribution in [2.75, 3.05) is 19.0 Å². The predicted octanol–water partition coefficient (Wildman–Crippen LogP) is 3.76. The molecule has 1 N–H and O–H groups in total. The second kappa shape index (κ2) is 9.21. The Morgan fingerprint density at radius 3 is 2.48 bits per heavy atom. The molecule has 0 bridgehead atoms. The maximum atomic E-state index is 13.0. The van der Waals surface area contributed by atoms with Crippen LogP contribution >= 0.6 is 0 Å². The molecule has 1 aliphatic rings. The van der Waals surface area contributed by atoms with E-state index in [1.807, 2.05) is 12.1 Å². The maximum Gasteiger partial charge on any atom is 0.352 e. The van der Waals surface area contributed by atoms with Crippen LogP contribution in [0.2, 0.25) is 0 Å². The first kappa shape index (κ1) is 20.3. The van der Waals surface area contributed by atoms with Crippen LogP contribution in [-0.4, -0.2) is 31.7 Å². The number of anilines is 1. The molecule has 158 valence electrons. The van der Waals surface area contributed by atoms with E-state index in [-0.39, 0.29) is 6.61 Å². The van der Waals surface area contributed by atoms with Crippen molar-refractivity contribution < 1.29 is 28.5 Å². The van der Waals surface area contributed by atoms with Crippen LogP contribution in [0.5, 0.6) is 17.2 Å². The van der Waals surface area contributed by atoms with Gasteiger partial charge in [-0.15, -0.1) is 0 Å². The minimum atomic E-state index is -1.17. The van der Waals surface area contributed by atoms with Gasteiger partial charge in [-0.1, -0.05) is 48.5 Å². The van der Waals surface area contributed by atoms with Gasteiger partial charge in [0.2, 0.25) is 12.2 Å². The number of fused-ring (bicyclic) bond motifs is 1. The van der Waals surface area contributed by atoms with Gasteiger partial charge in [0.25, 0.3) is 5.91 Å². The van der Waals surface area contributed by atoms with E-state index in [1.54, 1.807) is 73.8 Å². The lowest BCUT2D eigenvalue weighted by Gasteiger charge is -2.26. The van der Waals surface area contributed by atoms with Crippen molar-refractivity contribution in [2.24, 2.45) is 0 Å². The Labute approximate surface area is 179 Å². The number of benzene rings is 3. The molecule has 7 heteroatoms. The van der Waals surface area contributed by atoms with E-state index in [0.717, 1.165) is 0 Å². The van der Waals surface area contributed by atoms with Crippen LogP contribution in [0.25, 0.3) is 0 Å². The van der Waals surface area contributed by atoms with Gasteiger partial charge >= 0.3 is 5.97 Å². The van der Waals surface area contributed by atoms with Gasteiger partial charge in [0, 0.05) is 17.3 Å². The first-order valence-corrected chi connectivity index (χ1v) is 9.73.